The zero-order valence-corrected chi connectivity index (χ0v) is 14.9. The van der Waals surface area contributed by atoms with Crippen molar-refractivity contribution in [2.75, 3.05) is 30.4 Å². The van der Waals surface area contributed by atoms with Crippen LogP contribution < -0.4 is 5.32 Å². The second kappa shape index (κ2) is 7.37. The second-order valence-corrected chi connectivity index (χ2v) is 7.63. The largest absolute Gasteiger partial charge is 0.323 e. The first-order chi connectivity index (χ1) is 11.2. The monoisotopic (exact) mass is 365 g/mol. The molecule has 120 valence electrons. The summed E-state index contributed by atoms with van der Waals surface area (Å²) in [6.45, 7) is 0.713. The van der Waals surface area contributed by atoms with E-state index in [2.05, 4.69) is 10.3 Å². The number of benzene rings is 1. The van der Waals surface area contributed by atoms with Gasteiger partial charge in [-0.1, -0.05) is 23.9 Å². The molecule has 1 aliphatic heterocycles. The van der Waals surface area contributed by atoms with Crippen molar-refractivity contribution in [1.29, 1.82) is 0 Å². The molecular weight excluding hydrogens is 350 g/mol. The molecule has 1 aliphatic rings. The number of rotatable bonds is 5. The molecule has 8 heteroatoms. The van der Waals surface area contributed by atoms with Gasteiger partial charge < -0.3 is 10.2 Å². The molecule has 0 saturated carbocycles. The number of thiazole rings is 1. The fourth-order valence-electron chi connectivity index (χ4n) is 2.13. The summed E-state index contributed by atoms with van der Waals surface area (Å²) >= 11 is 4.33. The van der Waals surface area contributed by atoms with Crippen LogP contribution in [0.2, 0.25) is 0 Å². The van der Waals surface area contributed by atoms with E-state index < -0.39 is 0 Å². The number of anilines is 1. The lowest BCUT2D eigenvalue weighted by Gasteiger charge is -2.12. The third-order valence-electron chi connectivity index (χ3n) is 3.32. The van der Waals surface area contributed by atoms with Crippen LogP contribution in [-0.2, 0) is 4.79 Å². The Hall–Kier alpha value is -1.51. The Morgan fingerprint density at radius 3 is 2.83 bits per heavy atom. The number of hydrogen-bond acceptors (Lipinski definition) is 6. The highest BCUT2D eigenvalue weighted by Gasteiger charge is 2.23. The van der Waals surface area contributed by atoms with Crippen LogP contribution in [0.4, 0.5) is 9.93 Å². The molecule has 1 aromatic heterocycles. The lowest BCUT2D eigenvalue weighted by molar-refractivity contribution is -0.116. The molecule has 3 rings (SSSR count). The number of thioether (sulfide) groups is 2. The van der Waals surface area contributed by atoms with Gasteiger partial charge in [0.25, 0.3) is 5.24 Å². The minimum atomic E-state index is -0.209. The van der Waals surface area contributed by atoms with E-state index in [-0.39, 0.29) is 17.7 Å². The van der Waals surface area contributed by atoms with E-state index >= 15 is 0 Å². The standard InChI is InChI=1S/C15H15N3O2S3/c1-21-11-4-2-10(3-5-11)12-9-23-14(16-12)17-13(19)8-18-6-7-22-15(18)20/h2-5,9H,6-8H2,1H3,(H,16,17,19). The molecular formula is C15H15N3O2S3. The van der Waals surface area contributed by atoms with E-state index in [9.17, 15) is 9.59 Å². The van der Waals surface area contributed by atoms with Gasteiger partial charge in [-0.25, -0.2) is 4.98 Å². The molecule has 0 atom stereocenters. The average molecular weight is 366 g/mol. The normalized spacial score (nSPS) is 14.3. The Bertz CT molecular complexity index is 715. The van der Waals surface area contributed by atoms with Crippen LogP contribution in [-0.4, -0.2) is 46.1 Å². The molecule has 2 amide bonds. The highest BCUT2D eigenvalue weighted by Crippen LogP contribution is 2.26. The van der Waals surface area contributed by atoms with Gasteiger partial charge in [-0.2, -0.15) is 0 Å². The summed E-state index contributed by atoms with van der Waals surface area (Å²) in [5, 5.41) is 5.20. The van der Waals surface area contributed by atoms with Crippen LogP contribution >= 0.6 is 34.9 Å². The number of nitrogens with one attached hydrogen (secondary N) is 1. The first kappa shape index (κ1) is 16.4. The Balaban J connectivity index is 1.62. The number of nitrogens with zero attached hydrogens (tertiary/aromatic N) is 2. The zero-order chi connectivity index (χ0) is 16.2. The molecule has 0 spiro atoms. The van der Waals surface area contributed by atoms with Gasteiger partial charge in [-0.05, 0) is 18.4 Å². The first-order valence-corrected chi connectivity index (χ1v) is 10.1. The fraction of sp³-hybridized carbons (Fsp3) is 0.267. The summed E-state index contributed by atoms with van der Waals surface area (Å²) in [7, 11) is 0. The van der Waals surface area contributed by atoms with Gasteiger partial charge in [0.15, 0.2) is 5.13 Å². The smallest absolute Gasteiger partial charge is 0.282 e. The van der Waals surface area contributed by atoms with Gasteiger partial charge >= 0.3 is 0 Å². The van der Waals surface area contributed by atoms with Crippen LogP contribution in [0.15, 0.2) is 34.5 Å². The SMILES string of the molecule is CSc1ccc(-c2csc(NC(=O)CN3CCSC3=O)n2)cc1. The molecule has 0 bridgehead atoms. The van der Waals surface area contributed by atoms with Crippen LogP contribution in [0.1, 0.15) is 0 Å². The molecule has 1 N–H and O–H groups in total. The van der Waals surface area contributed by atoms with E-state index in [4.69, 9.17) is 0 Å². The second-order valence-electron chi connectivity index (χ2n) is 4.85. The molecule has 0 aliphatic carbocycles. The van der Waals surface area contributed by atoms with Gasteiger partial charge in [0.2, 0.25) is 5.91 Å². The Labute approximate surface area is 146 Å². The Kier molecular flexibility index (Phi) is 5.24. The van der Waals surface area contributed by atoms with E-state index in [1.54, 1.807) is 16.7 Å². The summed E-state index contributed by atoms with van der Waals surface area (Å²) in [6.07, 6.45) is 2.04. The highest BCUT2D eigenvalue weighted by molar-refractivity contribution is 8.13. The maximum absolute atomic E-state index is 12.0. The van der Waals surface area contributed by atoms with Crippen molar-refractivity contribution >= 4 is 51.1 Å². The van der Waals surface area contributed by atoms with Crippen molar-refractivity contribution in [2.24, 2.45) is 0 Å². The maximum atomic E-state index is 12.0. The lowest BCUT2D eigenvalue weighted by Crippen LogP contribution is -2.33. The van der Waals surface area contributed by atoms with Crippen LogP contribution in [0, 0.1) is 0 Å². The summed E-state index contributed by atoms with van der Waals surface area (Å²) < 4.78 is 0. The molecule has 23 heavy (non-hydrogen) atoms. The number of carbonyl (C=O) groups is 2. The Morgan fingerprint density at radius 1 is 1.39 bits per heavy atom. The number of carbonyl (C=O) groups excluding carboxylic acids is 2. The summed E-state index contributed by atoms with van der Waals surface area (Å²) in [5.74, 6) is 0.541. The third-order valence-corrected chi connectivity index (χ3v) is 5.71. The average Bonchev–Trinajstić information content (AvgIpc) is 3.17. The van der Waals surface area contributed by atoms with Crippen LogP contribution in [0.25, 0.3) is 11.3 Å². The summed E-state index contributed by atoms with van der Waals surface area (Å²) in [5.41, 5.74) is 1.86. The van der Waals surface area contributed by atoms with Gasteiger partial charge in [-0.15, -0.1) is 23.1 Å². The quantitative estimate of drug-likeness (QED) is 0.820. The topological polar surface area (TPSA) is 62.3 Å². The van der Waals surface area contributed by atoms with Crippen molar-refractivity contribution in [3.05, 3.63) is 29.6 Å². The highest BCUT2D eigenvalue weighted by atomic mass is 32.2. The van der Waals surface area contributed by atoms with E-state index in [0.29, 0.717) is 11.7 Å². The van der Waals surface area contributed by atoms with Crippen molar-refractivity contribution < 1.29 is 9.59 Å². The number of aromatic nitrogens is 1. The molecule has 1 fully saturated rings. The predicted octanol–water partition coefficient (Wildman–Crippen LogP) is 3.64. The van der Waals surface area contributed by atoms with Gasteiger partial charge in [-0.3, -0.25) is 9.59 Å². The maximum Gasteiger partial charge on any atom is 0.282 e. The van der Waals surface area contributed by atoms with Crippen molar-refractivity contribution in [1.82, 2.24) is 9.88 Å². The van der Waals surface area contributed by atoms with Gasteiger partial charge in [0.05, 0.1) is 5.69 Å². The minimum Gasteiger partial charge on any atom is -0.323 e. The molecule has 0 radical (unpaired) electrons. The van der Waals surface area contributed by atoms with Crippen molar-refractivity contribution in [3.8, 4) is 11.3 Å². The lowest BCUT2D eigenvalue weighted by atomic mass is 10.2. The van der Waals surface area contributed by atoms with E-state index in [1.807, 2.05) is 35.9 Å². The molecule has 2 aromatic rings. The van der Waals surface area contributed by atoms with Crippen molar-refractivity contribution in [2.45, 2.75) is 4.90 Å². The minimum absolute atomic E-state index is 0.0335. The molecule has 2 heterocycles. The summed E-state index contributed by atoms with van der Waals surface area (Å²) in [4.78, 5) is 30.7. The number of hydrogen-bond donors (Lipinski definition) is 1. The van der Waals surface area contributed by atoms with Crippen LogP contribution in [0.3, 0.4) is 0 Å². The predicted molar refractivity (Wildman–Crippen MR) is 97.4 cm³/mol. The fourth-order valence-corrected chi connectivity index (χ4v) is 4.10. The number of amides is 2. The molecule has 0 unspecified atom stereocenters. The van der Waals surface area contributed by atoms with Gasteiger partial charge in [0, 0.05) is 28.1 Å². The van der Waals surface area contributed by atoms with Gasteiger partial charge in [0.1, 0.15) is 6.54 Å². The molecule has 1 aromatic carbocycles. The first-order valence-electron chi connectivity index (χ1n) is 6.97. The summed E-state index contributed by atoms with van der Waals surface area (Å²) in [6, 6.07) is 8.14. The zero-order valence-electron chi connectivity index (χ0n) is 12.4. The molecule has 1 saturated heterocycles. The molecule has 5 nitrogen and oxygen atoms in total. The van der Waals surface area contributed by atoms with Crippen molar-refractivity contribution in [3.63, 3.8) is 0 Å². The van der Waals surface area contributed by atoms with E-state index in [1.165, 1.54) is 28.0 Å². The third kappa shape index (κ3) is 4.07. The Morgan fingerprint density at radius 2 is 2.17 bits per heavy atom. The van der Waals surface area contributed by atoms with E-state index in [0.717, 1.165) is 17.0 Å². The van der Waals surface area contributed by atoms with Crippen LogP contribution in [0.5, 0.6) is 0 Å².